The monoisotopic (exact) mass is 797 g/mol. The molecule has 2 aliphatic rings. The molecule has 0 radical (unpaired) electrons. The Labute approximate surface area is 343 Å². The van der Waals surface area contributed by atoms with Crippen molar-refractivity contribution < 1.29 is 27.7 Å². The molecule has 0 spiro atoms. The van der Waals surface area contributed by atoms with Crippen LogP contribution in [0.1, 0.15) is 67.7 Å². The fourth-order valence-corrected chi connectivity index (χ4v) is 8.94. The zero-order chi connectivity index (χ0) is 41.4. The molecule has 5 atom stereocenters. The topological polar surface area (TPSA) is 128 Å². The van der Waals surface area contributed by atoms with Crippen molar-refractivity contribution in [2.24, 2.45) is 0 Å². The number of benzene rings is 4. The first-order valence-corrected chi connectivity index (χ1v) is 20.2. The van der Waals surface area contributed by atoms with E-state index >= 15 is 4.39 Å². The average Bonchev–Trinajstić information content (AvgIpc) is 4.05. The number of hydrogen-bond acceptors (Lipinski definition) is 8. The van der Waals surface area contributed by atoms with Crippen molar-refractivity contribution in [3.05, 3.63) is 126 Å². The Bertz CT molecular complexity index is 2480. The molecule has 2 N–H and O–H groups in total. The van der Waals surface area contributed by atoms with Gasteiger partial charge >= 0.3 is 11.9 Å². The van der Waals surface area contributed by atoms with E-state index in [0.29, 0.717) is 37.3 Å². The summed E-state index contributed by atoms with van der Waals surface area (Å²) in [5.74, 6) is 0.549. The Morgan fingerprint density at radius 1 is 0.864 bits per heavy atom. The maximum absolute atomic E-state index is 15.8. The van der Waals surface area contributed by atoms with Crippen LogP contribution in [-0.2, 0) is 9.59 Å². The van der Waals surface area contributed by atoms with E-state index in [2.05, 4.69) is 15.3 Å². The van der Waals surface area contributed by atoms with Crippen molar-refractivity contribution in [1.29, 1.82) is 0 Å². The van der Waals surface area contributed by atoms with Gasteiger partial charge in [0.15, 0.2) is 11.8 Å². The summed E-state index contributed by atoms with van der Waals surface area (Å²) in [6.07, 6.45) is 4.67. The van der Waals surface area contributed by atoms with Gasteiger partial charge in [0.1, 0.15) is 23.7 Å². The van der Waals surface area contributed by atoms with Crippen LogP contribution in [0.4, 0.5) is 14.9 Å². The van der Waals surface area contributed by atoms with E-state index in [0.717, 1.165) is 46.4 Å². The number of amides is 4. The van der Waals surface area contributed by atoms with Gasteiger partial charge in [0, 0.05) is 30.5 Å². The van der Waals surface area contributed by atoms with E-state index in [1.807, 2.05) is 129 Å². The summed E-state index contributed by atoms with van der Waals surface area (Å²) in [5, 5.41) is 2.76. The van der Waals surface area contributed by atoms with Gasteiger partial charge in [-0.15, -0.1) is 0 Å². The van der Waals surface area contributed by atoms with Crippen molar-refractivity contribution in [2.45, 2.75) is 56.8 Å². The van der Waals surface area contributed by atoms with E-state index in [1.54, 1.807) is 12.3 Å². The minimum Gasteiger partial charge on any atom is -0.436 e. The third kappa shape index (κ3) is 7.45. The quantitative estimate of drug-likeness (QED) is 0.133. The summed E-state index contributed by atoms with van der Waals surface area (Å²) in [4.78, 5) is 61.0. The van der Waals surface area contributed by atoms with Gasteiger partial charge in [0.05, 0.1) is 35.5 Å². The molecule has 12 nitrogen and oxygen atoms in total. The Morgan fingerprint density at radius 3 is 2.19 bits per heavy atom. The van der Waals surface area contributed by atoms with Gasteiger partial charge in [-0.3, -0.25) is 19.9 Å². The second-order valence-corrected chi connectivity index (χ2v) is 16.2. The summed E-state index contributed by atoms with van der Waals surface area (Å²) < 4.78 is 21.5. The van der Waals surface area contributed by atoms with Gasteiger partial charge in [-0.2, -0.15) is 4.48 Å². The molecule has 0 bridgehead atoms. The molecule has 1 unspecified atom stereocenters. The molecular formula is C46H50FN8O4+. The molecule has 0 saturated carbocycles. The highest BCUT2D eigenvalue weighted by molar-refractivity contribution is 5.95. The summed E-state index contributed by atoms with van der Waals surface area (Å²) in [6, 6.07) is 27.3. The van der Waals surface area contributed by atoms with Crippen molar-refractivity contribution in [2.75, 3.05) is 46.6 Å². The highest BCUT2D eigenvalue weighted by Gasteiger charge is 2.55. The van der Waals surface area contributed by atoms with Crippen LogP contribution in [0.25, 0.3) is 33.8 Å². The van der Waals surface area contributed by atoms with E-state index < -0.39 is 28.4 Å². The van der Waals surface area contributed by atoms with Gasteiger partial charge < -0.3 is 14.3 Å². The first-order valence-electron chi connectivity index (χ1n) is 20.2. The Kier molecular flexibility index (Phi) is 11.0. The maximum Gasteiger partial charge on any atom is 0.428 e. The van der Waals surface area contributed by atoms with E-state index in [9.17, 15) is 14.4 Å². The minimum absolute atomic E-state index is 0.0311. The number of quaternary nitrogens is 1. The Hall–Kier alpha value is -6.02. The smallest absolute Gasteiger partial charge is 0.428 e. The molecule has 304 valence electrons. The number of rotatable bonds is 10. The number of halogens is 1. The number of nitrogens with one attached hydrogen (secondary N) is 2. The van der Waals surface area contributed by atoms with E-state index in [4.69, 9.17) is 9.40 Å². The number of anilines is 1. The van der Waals surface area contributed by atoms with Gasteiger partial charge in [-0.05, 0) is 95.5 Å². The molecule has 59 heavy (non-hydrogen) atoms. The zero-order valence-electron chi connectivity index (χ0n) is 34.1. The highest BCUT2D eigenvalue weighted by atomic mass is 19.1. The number of oxazole rings is 1. The fraction of sp³-hybridized carbons (Fsp3) is 0.326. The standard InChI is InChI=1S/C46H49FN8O4/c1-29-14-13-25-55(29,45(57)41(53(4)5)31-17-10-7-11-18-31)46(58)51-35-22-21-33(26-34(35)47)43-48-28-39(59-43)32-20-23-36-37(27-32)50-42(49-36)38-19-12-24-54(38)44(56)40(52(2)3)30-15-8-6-9-16-30/h6-11,15-18,20-23,26-29,38,40-41H,12-14,19,24-25H2,1-5H3,(H-,48,49,50,51,58)/p+1/t29-,38+,40-,41-,55?/m1/s1. The molecule has 2 fully saturated rings. The van der Waals surface area contributed by atoms with Gasteiger partial charge in [0.2, 0.25) is 11.8 Å². The number of imidazole rings is 1. The van der Waals surface area contributed by atoms with Crippen molar-refractivity contribution in [3.63, 3.8) is 0 Å². The van der Waals surface area contributed by atoms with Gasteiger partial charge in [-0.1, -0.05) is 60.7 Å². The van der Waals surface area contributed by atoms with Crippen LogP contribution in [0.3, 0.4) is 0 Å². The largest absolute Gasteiger partial charge is 0.436 e. The number of fused-ring (bicyclic) bond motifs is 1. The van der Waals surface area contributed by atoms with Crippen molar-refractivity contribution in [3.8, 4) is 22.8 Å². The van der Waals surface area contributed by atoms with E-state index in [1.165, 1.54) is 12.1 Å². The summed E-state index contributed by atoms with van der Waals surface area (Å²) in [7, 11) is 7.50. The lowest BCUT2D eigenvalue weighted by atomic mass is 10.0. The Balaban J connectivity index is 0.991. The molecular weight excluding hydrogens is 748 g/mol. The lowest BCUT2D eigenvalue weighted by Crippen LogP contribution is -2.63. The lowest BCUT2D eigenvalue weighted by Gasteiger charge is -2.37. The van der Waals surface area contributed by atoms with Crippen LogP contribution < -0.4 is 5.32 Å². The SMILES string of the molecule is C[C@@H]1CCC[N+]1(C(=O)Nc1ccc(-c2ncc(-c3ccc4nc([C@@H]5CCCN5C(=O)[C@@H](c5ccccc5)N(C)C)[nH]c4c3)o2)cc1F)C(=O)[C@@H](c1ccccc1)N(C)C. The number of imide groups is 1. The van der Waals surface area contributed by atoms with Crippen LogP contribution in [0.15, 0.2) is 108 Å². The number of H-pyrrole nitrogens is 1. The molecule has 2 saturated heterocycles. The lowest BCUT2D eigenvalue weighted by molar-refractivity contribution is -0.783. The van der Waals surface area contributed by atoms with Crippen molar-refractivity contribution in [1.82, 2.24) is 29.7 Å². The number of likely N-dealkylation sites (N-methyl/N-ethyl adjacent to an activating group) is 2. The molecule has 2 aromatic heterocycles. The second kappa shape index (κ2) is 16.3. The number of aromatic amines is 1. The summed E-state index contributed by atoms with van der Waals surface area (Å²) in [5.41, 5.74) is 4.41. The second-order valence-electron chi connectivity index (χ2n) is 16.2. The molecule has 4 heterocycles. The Morgan fingerprint density at radius 2 is 1.54 bits per heavy atom. The number of hydrogen-bond donors (Lipinski definition) is 2. The number of urea groups is 1. The third-order valence-corrected chi connectivity index (χ3v) is 12.0. The molecule has 4 amide bonds. The number of carbonyl (C=O) groups excluding carboxylic acids is 3. The number of likely N-dealkylation sites (tertiary alicyclic amines) is 2. The summed E-state index contributed by atoms with van der Waals surface area (Å²) >= 11 is 0. The number of carbonyl (C=O) groups is 3. The van der Waals surface area contributed by atoms with Crippen LogP contribution in [0, 0.1) is 5.82 Å². The zero-order valence-corrected chi connectivity index (χ0v) is 34.1. The van der Waals surface area contributed by atoms with Gasteiger partial charge in [-0.25, -0.2) is 23.9 Å². The maximum atomic E-state index is 15.8. The van der Waals surface area contributed by atoms with Gasteiger partial charge in [0.25, 0.3) is 0 Å². The number of nitrogens with zero attached hydrogens (tertiary/aromatic N) is 6. The van der Waals surface area contributed by atoms with Crippen LogP contribution in [0.5, 0.6) is 0 Å². The molecule has 0 aliphatic carbocycles. The summed E-state index contributed by atoms with van der Waals surface area (Å²) in [6.45, 7) is 2.89. The van der Waals surface area contributed by atoms with Crippen LogP contribution >= 0.6 is 0 Å². The van der Waals surface area contributed by atoms with Crippen molar-refractivity contribution >= 4 is 34.6 Å². The third-order valence-electron chi connectivity index (χ3n) is 12.0. The molecule has 13 heteroatoms. The van der Waals surface area contributed by atoms with Crippen LogP contribution in [-0.4, -0.2) is 99.3 Å². The average molecular weight is 798 g/mol. The molecule has 6 aromatic rings. The predicted octanol–water partition coefficient (Wildman–Crippen LogP) is 8.35. The molecule has 8 rings (SSSR count). The minimum atomic E-state index is -0.674. The first-order chi connectivity index (χ1) is 28.5. The van der Waals surface area contributed by atoms with E-state index in [-0.39, 0.29) is 35.5 Å². The predicted molar refractivity (Wildman–Crippen MR) is 224 cm³/mol. The first kappa shape index (κ1) is 39.8. The van der Waals surface area contributed by atoms with Crippen LogP contribution in [0.2, 0.25) is 0 Å². The normalized spacial score (nSPS) is 20.4. The fourth-order valence-electron chi connectivity index (χ4n) is 8.94. The number of aromatic nitrogens is 3. The molecule has 4 aromatic carbocycles. The highest BCUT2D eigenvalue weighted by Crippen LogP contribution is 2.38. The molecule has 2 aliphatic heterocycles.